The number of rotatable bonds is 2. The molecule has 7 heteroatoms. The van der Waals surface area contributed by atoms with Gasteiger partial charge in [0.15, 0.2) is 0 Å². The molecule has 4 fully saturated rings. The number of halogens is 1. The van der Waals surface area contributed by atoms with Crippen LogP contribution >= 0.6 is 0 Å². The molecule has 2 atom stereocenters. The Morgan fingerprint density at radius 1 is 1.12 bits per heavy atom. The van der Waals surface area contributed by atoms with E-state index in [1.165, 1.54) is 6.42 Å². The number of fused-ring (bicyclic) bond motifs is 5. The molecular formula is C25H29FN4O2. The van der Waals surface area contributed by atoms with Crippen molar-refractivity contribution in [1.82, 2.24) is 4.98 Å². The molecule has 5 aliphatic rings. The van der Waals surface area contributed by atoms with Crippen LogP contribution in [0.15, 0.2) is 30.5 Å². The van der Waals surface area contributed by atoms with Crippen molar-refractivity contribution in [2.24, 2.45) is 5.92 Å². The van der Waals surface area contributed by atoms with Crippen molar-refractivity contribution < 1.29 is 13.9 Å². The van der Waals surface area contributed by atoms with Gasteiger partial charge in [0.1, 0.15) is 11.6 Å². The molecule has 2 unspecified atom stereocenters. The highest BCUT2D eigenvalue weighted by molar-refractivity contribution is 6.00. The van der Waals surface area contributed by atoms with Crippen LogP contribution in [0.4, 0.5) is 27.3 Å². The van der Waals surface area contributed by atoms with Gasteiger partial charge >= 0.3 is 0 Å². The fourth-order valence-corrected chi connectivity index (χ4v) is 5.77. The molecule has 0 radical (unpaired) electrons. The third-order valence-corrected chi connectivity index (χ3v) is 7.55. The van der Waals surface area contributed by atoms with Gasteiger partial charge in [0.2, 0.25) is 5.91 Å². The summed E-state index contributed by atoms with van der Waals surface area (Å²) < 4.78 is 21.3. The quantitative estimate of drug-likeness (QED) is 0.736. The van der Waals surface area contributed by atoms with Crippen molar-refractivity contribution in [3.63, 3.8) is 0 Å². The number of nitrogens with zero attached hydrogens (tertiary/aromatic N) is 3. The summed E-state index contributed by atoms with van der Waals surface area (Å²) in [4.78, 5) is 22.2. The molecule has 3 saturated heterocycles. The van der Waals surface area contributed by atoms with Crippen molar-refractivity contribution >= 4 is 28.8 Å². The van der Waals surface area contributed by atoms with E-state index in [2.05, 4.69) is 15.2 Å². The van der Waals surface area contributed by atoms with Crippen LogP contribution in [0.3, 0.4) is 0 Å². The minimum atomic E-state index is -0.270. The van der Waals surface area contributed by atoms with E-state index in [0.29, 0.717) is 36.9 Å². The second kappa shape index (κ2) is 8.03. The predicted octanol–water partition coefficient (Wildman–Crippen LogP) is 4.76. The maximum atomic E-state index is 15.4. The molecule has 1 aromatic heterocycles. The van der Waals surface area contributed by atoms with Gasteiger partial charge in [-0.2, -0.15) is 0 Å². The molecule has 1 saturated carbocycles. The summed E-state index contributed by atoms with van der Waals surface area (Å²) in [6, 6.07) is 7.48. The summed E-state index contributed by atoms with van der Waals surface area (Å²) in [6.45, 7) is 1.78. The molecule has 1 N–H and O–H groups in total. The predicted molar refractivity (Wildman–Crippen MR) is 122 cm³/mol. The Bertz CT molecular complexity index is 1030. The van der Waals surface area contributed by atoms with Gasteiger partial charge in [-0.25, -0.2) is 9.37 Å². The zero-order chi connectivity index (χ0) is 21.7. The normalized spacial score (nSPS) is 25.0. The number of morpholine rings is 1. The molecule has 1 amide bonds. The number of anilines is 4. The first-order valence-corrected chi connectivity index (χ1v) is 11.9. The topological polar surface area (TPSA) is 57.7 Å². The number of hydrogen-bond acceptors (Lipinski definition) is 5. The molecule has 4 aliphatic heterocycles. The van der Waals surface area contributed by atoms with E-state index in [1.54, 1.807) is 12.3 Å². The van der Waals surface area contributed by atoms with E-state index in [9.17, 15) is 4.79 Å². The first-order chi connectivity index (χ1) is 15.7. The van der Waals surface area contributed by atoms with Gasteiger partial charge in [-0.1, -0.05) is 25.3 Å². The van der Waals surface area contributed by atoms with E-state index in [4.69, 9.17) is 4.74 Å². The first kappa shape index (κ1) is 20.0. The lowest BCUT2D eigenvalue weighted by atomic mass is 9.88. The number of nitrogens with one attached hydrogen (secondary N) is 1. The molecule has 1 aliphatic carbocycles. The van der Waals surface area contributed by atoms with Crippen LogP contribution in [0.1, 0.15) is 50.5 Å². The standard InChI is InChI=1S/C25H29FN4O2/c26-20-11-21-23(12-22(20)29-14-19-9-8-18(29)15-32-19)30(25(31)16-5-2-1-3-6-16)13-17-7-4-10-27-24(17)28-21/h4,7,10-12,16,18-19H,1-3,5-6,8-9,13-15H2,(H,27,28). The molecule has 5 heterocycles. The summed E-state index contributed by atoms with van der Waals surface area (Å²) in [6.07, 6.45) is 9.17. The Morgan fingerprint density at radius 2 is 2.00 bits per heavy atom. The van der Waals surface area contributed by atoms with Crippen LogP contribution in [0.5, 0.6) is 0 Å². The zero-order valence-electron chi connectivity index (χ0n) is 18.2. The maximum absolute atomic E-state index is 15.4. The highest BCUT2D eigenvalue weighted by atomic mass is 19.1. The van der Waals surface area contributed by atoms with Crippen LogP contribution in [-0.2, 0) is 16.1 Å². The van der Waals surface area contributed by atoms with Gasteiger partial charge in [0.05, 0.1) is 42.4 Å². The fraction of sp³-hybridized carbons (Fsp3) is 0.520. The van der Waals surface area contributed by atoms with Crippen molar-refractivity contribution in [2.45, 2.75) is 63.6 Å². The monoisotopic (exact) mass is 436 g/mol. The fourth-order valence-electron chi connectivity index (χ4n) is 5.77. The average molecular weight is 437 g/mol. The van der Waals surface area contributed by atoms with Gasteiger partial charge in [0, 0.05) is 30.3 Å². The number of aromatic nitrogens is 1. The average Bonchev–Trinajstić information content (AvgIpc) is 3.00. The highest BCUT2D eigenvalue weighted by Crippen LogP contribution is 2.42. The van der Waals surface area contributed by atoms with Crippen LogP contribution in [0.2, 0.25) is 0 Å². The summed E-state index contributed by atoms with van der Waals surface area (Å²) in [5, 5.41) is 3.31. The van der Waals surface area contributed by atoms with Crippen LogP contribution < -0.4 is 15.1 Å². The van der Waals surface area contributed by atoms with E-state index in [0.717, 1.165) is 49.8 Å². The molecule has 6 nitrogen and oxygen atoms in total. The van der Waals surface area contributed by atoms with Gasteiger partial charge in [-0.05, 0) is 37.8 Å². The van der Waals surface area contributed by atoms with Gasteiger partial charge in [-0.3, -0.25) is 4.79 Å². The first-order valence-electron chi connectivity index (χ1n) is 11.9. The zero-order valence-corrected chi connectivity index (χ0v) is 18.2. The number of benzene rings is 1. The summed E-state index contributed by atoms with van der Waals surface area (Å²) >= 11 is 0. The van der Waals surface area contributed by atoms with Crippen molar-refractivity contribution in [3.8, 4) is 0 Å². The van der Waals surface area contributed by atoms with Crippen molar-refractivity contribution in [2.75, 3.05) is 28.3 Å². The Balaban J connectivity index is 1.43. The Hall–Kier alpha value is -2.67. The Kier molecular flexibility index (Phi) is 5.01. The lowest BCUT2D eigenvalue weighted by Gasteiger charge is -2.46. The van der Waals surface area contributed by atoms with Crippen molar-refractivity contribution in [3.05, 3.63) is 41.8 Å². The number of amides is 1. The van der Waals surface area contributed by atoms with Crippen LogP contribution in [0, 0.1) is 11.7 Å². The molecule has 0 spiro atoms. The van der Waals surface area contributed by atoms with E-state index >= 15 is 4.39 Å². The Labute approximate surface area is 187 Å². The van der Waals surface area contributed by atoms with Gasteiger partial charge < -0.3 is 19.9 Å². The number of piperidine rings is 1. The van der Waals surface area contributed by atoms with E-state index < -0.39 is 0 Å². The summed E-state index contributed by atoms with van der Waals surface area (Å²) in [5.74, 6) is 0.590. The molecule has 168 valence electrons. The second-order valence-corrected chi connectivity index (χ2v) is 9.56. The minimum Gasteiger partial charge on any atom is -0.374 e. The number of pyridine rings is 1. The van der Waals surface area contributed by atoms with Crippen LogP contribution in [0.25, 0.3) is 0 Å². The second-order valence-electron chi connectivity index (χ2n) is 9.56. The smallest absolute Gasteiger partial charge is 0.230 e. The number of carbonyl (C=O) groups excluding carboxylic acids is 1. The van der Waals surface area contributed by atoms with Crippen LogP contribution in [-0.4, -0.2) is 36.2 Å². The SMILES string of the molecule is O=C(C1CCCCC1)N1Cc2cccnc2Nc2cc(F)c(N3CC4CCC3CO4)cc21. The molecule has 7 rings (SSSR count). The van der Waals surface area contributed by atoms with Gasteiger partial charge in [-0.15, -0.1) is 0 Å². The Morgan fingerprint density at radius 3 is 2.75 bits per heavy atom. The number of ether oxygens (including phenoxy) is 1. The maximum Gasteiger partial charge on any atom is 0.230 e. The third kappa shape index (κ3) is 3.43. The van der Waals surface area contributed by atoms with Crippen molar-refractivity contribution in [1.29, 1.82) is 0 Å². The molecular weight excluding hydrogens is 407 g/mol. The molecule has 32 heavy (non-hydrogen) atoms. The van der Waals surface area contributed by atoms with E-state index in [1.807, 2.05) is 23.1 Å². The minimum absolute atomic E-state index is 0.0303. The van der Waals surface area contributed by atoms with E-state index in [-0.39, 0.29) is 29.8 Å². The lowest BCUT2D eigenvalue weighted by Crippen LogP contribution is -2.54. The molecule has 2 aromatic rings. The summed E-state index contributed by atoms with van der Waals surface area (Å²) in [5.41, 5.74) is 2.87. The lowest BCUT2D eigenvalue weighted by molar-refractivity contribution is -0.123. The highest BCUT2D eigenvalue weighted by Gasteiger charge is 2.37. The third-order valence-electron chi connectivity index (χ3n) is 7.55. The summed E-state index contributed by atoms with van der Waals surface area (Å²) in [7, 11) is 0. The molecule has 1 aromatic carbocycles. The number of hydrogen-bond donors (Lipinski definition) is 1. The number of carbonyl (C=O) groups is 1. The molecule has 2 bridgehead atoms. The largest absolute Gasteiger partial charge is 0.374 e. The van der Waals surface area contributed by atoms with Gasteiger partial charge in [0.25, 0.3) is 0 Å².